The number of rotatable bonds is 4. The van der Waals surface area contributed by atoms with Gasteiger partial charge in [0, 0.05) is 17.2 Å². The molecule has 3 amide bonds. The predicted molar refractivity (Wildman–Crippen MR) is 115 cm³/mol. The van der Waals surface area contributed by atoms with E-state index in [2.05, 4.69) is 5.32 Å². The Kier molecular flexibility index (Phi) is 5.00. The number of nitro groups is 1. The molecule has 0 bridgehead atoms. The molecule has 3 aromatic rings. The lowest BCUT2D eigenvalue weighted by atomic mass is 10.1. The third kappa shape index (κ3) is 3.53. The summed E-state index contributed by atoms with van der Waals surface area (Å²) in [6.07, 6.45) is 0. The molecular formula is C22H14ClN3O5. The third-order valence-corrected chi connectivity index (χ3v) is 5.23. The van der Waals surface area contributed by atoms with Gasteiger partial charge in [0.05, 0.1) is 32.4 Å². The first-order chi connectivity index (χ1) is 14.8. The Morgan fingerprint density at radius 1 is 1.00 bits per heavy atom. The van der Waals surface area contributed by atoms with E-state index in [0.29, 0.717) is 16.7 Å². The molecule has 1 aliphatic heterocycles. The van der Waals surface area contributed by atoms with Gasteiger partial charge in [-0.05, 0) is 43.3 Å². The van der Waals surface area contributed by atoms with Gasteiger partial charge in [0.15, 0.2) is 0 Å². The Morgan fingerprint density at radius 2 is 1.65 bits per heavy atom. The van der Waals surface area contributed by atoms with E-state index >= 15 is 0 Å². The summed E-state index contributed by atoms with van der Waals surface area (Å²) < 4.78 is 0. The van der Waals surface area contributed by atoms with Crippen molar-refractivity contribution in [3.05, 3.63) is 98.1 Å². The molecule has 0 spiro atoms. The first-order valence-corrected chi connectivity index (χ1v) is 9.49. The van der Waals surface area contributed by atoms with E-state index in [1.165, 1.54) is 36.4 Å². The van der Waals surface area contributed by atoms with Crippen LogP contribution in [-0.2, 0) is 0 Å². The van der Waals surface area contributed by atoms with Crippen LogP contribution < -0.4 is 10.2 Å². The number of nitrogens with zero attached hydrogens (tertiary/aromatic N) is 2. The highest BCUT2D eigenvalue weighted by Crippen LogP contribution is 2.33. The topological polar surface area (TPSA) is 110 Å². The Bertz CT molecular complexity index is 1250. The van der Waals surface area contributed by atoms with Crippen molar-refractivity contribution in [2.45, 2.75) is 6.92 Å². The number of fused-ring (bicyclic) bond motifs is 1. The van der Waals surface area contributed by atoms with Crippen molar-refractivity contribution >= 4 is 46.4 Å². The summed E-state index contributed by atoms with van der Waals surface area (Å²) in [6.45, 7) is 1.58. The molecule has 0 aliphatic carbocycles. The molecule has 0 atom stereocenters. The van der Waals surface area contributed by atoms with Crippen LogP contribution in [-0.4, -0.2) is 22.6 Å². The first-order valence-electron chi connectivity index (χ1n) is 9.11. The average Bonchev–Trinajstić information content (AvgIpc) is 3.00. The standard InChI is InChI=1S/C22H14ClN3O5/c1-12-6-7-13(10-19(12)26(30)31)20(27)24-18-9-8-14(11-17(18)23)25-21(28)15-4-2-3-5-16(15)22(25)29/h2-11H,1H3,(H,24,27). The number of hydrogen-bond donors (Lipinski definition) is 1. The second kappa shape index (κ2) is 7.66. The largest absolute Gasteiger partial charge is 0.321 e. The number of benzene rings is 3. The molecule has 0 unspecified atom stereocenters. The Balaban J connectivity index is 1.59. The van der Waals surface area contributed by atoms with Gasteiger partial charge in [-0.15, -0.1) is 0 Å². The van der Waals surface area contributed by atoms with Crippen molar-refractivity contribution in [3.8, 4) is 0 Å². The van der Waals surface area contributed by atoms with Gasteiger partial charge < -0.3 is 5.32 Å². The fraction of sp³-hybridized carbons (Fsp3) is 0.0455. The van der Waals surface area contributed by atoms with Crippen LogP contribution in [0.25, 0.3) is 0 Å². The predicted octanol–water partition coefficient (Wildman–Crippen LogP) is 4.61. The zero-order valence-corrected chi connectivity index (χ0v) is 16.8. The molecule has 0 saturated carbocycles. The van der Waals surface area contributed by atoms with Crippen molar-refractivity contribution in [1.29, 1.82) is 0 Å². The fourth-order valence-electron chi connectivity index (χ4n) is 3.31. The molecule has 31 heavy (non-hydrogen) atoms. The smallest absolute Gasteiger partial charge is 0.273 e. The van der Waals surface area contributed by atoms with Gasteiger partial charge in [-0.2, -0.15) is 0 Å². The van der Waals surface area contributed by atoms with Crippen molar-refractivity contribution < 1.29 is 19.3 Å². The number of anilines is 2. The SMILES string of the molecule is Cc1ccc(C(=O)Nc2ccc(N3C(=O)c4ccccc4C3=O)cc2Cl)cc1[N+](=O)[O-]. The van der Waals surface area contributed by atoms with Gasteiger partial charge >= 0.3 is 0 Å². The molecule has 154 valence electrons. The second-order valence-electron chi connectivity index (χ2n) is 6.87. The second-order valence-corrected chi connectivity index (χ2v) is 7.28. The van der Waals surface area contributed by atoms with Gasteiger partial charge in [-0.3, -0.25) is 24.5 Å². The molecule has 8 nitrogen and oxygen atoms in total. The zero-order chi connectivity index (χ0) is 22.3. The number of hydrogen-bond acceptors (Lipinski definition) is 5. The van der Waals surface area contributed by atoms with Crippen LogP contribution in [0.15, 0.2) is 60.7 Å². The lowest BCUT2D eigenvalue weighted by Crippen LogP contribution is -2.29. The van der Waals surface area contributed by atoms with Crippen LogP contribution in [0.4, 0.5) is 17.1 Å². The first kappa shape index (κ1) is 20.2. The number of carbonyl (C=O) groups is 3. The van der Waals surface area contributed by atoms with E-state index in [1.807, 2.05) is 0 Å². The Hall–Kier alpha value is -4.04. The number of carbonyl (C=O) groups excluding carboxylic acids is 3. The maximum Gasteiger partial charge on any atom is 0.273 e. The number of imide groups is 1. The third-order valence-electron chi connectivity index (χ3n) is 4.92. The van der Waals surface area contributed by atoms with Crippen LogP contribution in [0.3, 0.4) is 0 Å². The van der Waals surface area contributed by atoms with Crippen LogP contribution >= 0.6 is 11.6 Å². The number of nitrogens with one attached hydrogen (secondary N) is 1. The van der Waals surface area contributed by atoms with Gasteiger partial charge in [0.25, 0.3) is 23.4 Å². The zero-order valence-electron chi connectivity index (χ0n) is 16.1. The Morgan fingerprint density at radius 3 is 2.23 bits per heavy atom. The highest BCUT2D eigenvalue weighted by Gasteiger charge is 2.36. The maximum absolute atomic E-state index is 12.6. The lowest BCUT2D eigenvalue weighted by molar-refractivity contribution is -0.385. The van der Waals surface area contributed by atoms with Crippen LogP contribution in [0.1, 0.15) is 36.6 Å². The summed E-state index contributed by atoms with van der Waals surface area (Å²) in [6, 6.07) is 15.0. The van der Waals surface area contributed by atoms with E-state index in [0.717, 1.165) is 4.90 Å². The van der Waals surface area contributed by atoms with Crippen molar-refractivity contribution in [2.75, 3.05) is 10.2 Å². The van der Waals surface area contributed by atoms with E-state index in [-0.39, 0.29) is 27.6 Å². The normalized spacial score (nSPS) is 12.6. The number of nitro benzene ring substituents is 1. The molecule has 0 fully saturated rings. The quantitative estimate of drug-likeness (QED) is 0.365. The average molecular weight is 436 g/mol. The van der Waals surface area contributed by atoms with Crippen molar-refractivity contribution in [1.82, 2.24) is 0 Å². The summed E-state index contributed by atoms with van der Waals surface area (Å²) >= 11 is 6.28. The fourth-order valence-corrected chi connectivity index (χ4v) is 3.53. The Labute approximate surface area is 181 Å². The minimum atomic E-state index is -0.585. The molecule has 3 aromatic carbocycles. The summed E-state index contributed by atoms with van der Waals surface area (Å²) in [4.78, 5) is 49.3. The van der Waals surface area contributed by atoms with E-state index in [4.69, 9.17) is 11.6 Å². The number of amides is 3. The molecule has 0 aromatic heterocycles. The van der Waals surface area contributed by atoms with Crippen molar-refractivity contribution in [2.24, 2.45) is 0 Å². The number of halogens is 1. The van der Waals surface area contributed by atoms with Gasteiger partial charge in [0.2, 0.25) is 0 Å². The molecule has 0 radical (unpaired) electrons. The van der Waals surface area contributed by atoms with Crippen LogP contribution in [0.5, 0.6) is 0 Å². The minimum absolute atomic E-state index is 0.0952. The summed E-state index contributed by atoms with van der Waals surface area (Å²) in [5.41, 5.74) is 1.47. The molecule has 9 heteroatoms. The van der Waals surface area contributed by atoms with Crippen LogP contribution in [0.2, 0.25) is 5.02 Å². The monoisotopic (exact) mass is 435 g/mol. The molecule has 1 N–H and O–H groups in total. The van der Waals surface area contributed by atoms with Crippen LogP contribution in [0, 0.1) is 17.0 Å². The van der Waals surface area contributed by atoms with Gasteiger partial charge in [0.1, 0.15) is 0 Å². The maximum atomic E-state index is 12.6. The highest BCUT2D eigenvalue weighted by molar-refractivity contribution is 6.37. The van der Waals surface area contributed by atoms with E-state index in [9.17, 15) is 24.5 Å². The minimum Gasteiger partial charge on any atom is -0.321 e. The van der Waals surface area contributed by atoms with E-state index < -0.39 is 22.6 Å². The summed E-state index contributed by atoms with van der Waals surface area (Å²) in [5, 5.41) is 13.8. The molecule has 0 saturated heterocycles. The molecule has 1 aliphatic rings. The summed E-state index contributed by atoms with van der Waals surface area (Å²) in [5.74, 6) is -1.50. The molecule has 1 heterocycles. The highest BCUT2D eigenvalue weighted by atomic mass is 35.5. The summed E-state index contributed by atoms with van der Waals surface area (Å²) in [7, 11) is 0. The van der Waals surface area contributed by atoms with Gasteiger partial charge in [-0.1, -0.05) is 29.8 Å². The number of aryl methyl sites for hydroxylation is 1. The van der Waals surface area contributed by atoms with Gasteiger partial charge in [-0.25, -0.2) is 4.90 Å². The molecular weight excluding hydrogens is 422 g/mol. The van der Waals surface area contributed by atoms with Crippen molar-refractivity contribution in [3.63, 3.8) is 0 Å². The van der Waals surface area contributed by atoms with E-state index in [1.54, 1.807) is 31.2 Å². The lowest BCUT2D eigenvalue weighted by Gasteiger charge is -2.16. The molecule has 4 rings (SSSR count).